The van der Waals surface area contributed by atoms with Gasteiger partial charge in [-0.1, -0.05) is 23.2 Å². The van der Waals surface area contributed by atoms with E-state index < -0.39 is 24.0 Å². The third-order valence-electron chi connectivity index (χ3n) is 3.04. The summed E-state index contributed by atoms with van der Waals surface area (Å²) >= 11 is 11.1. The smallest absolute Gasteiger partial charge is 0.280 e. The number of hydrogen-bond donors (Lipinski definition) is 4. The molecule has 3 rings (SSSR count). The van der Waals surface area contributed by atoms with Crippen LogP contribution < -0.4 is 11.3 Å². The predicted molar refractivity (Wildman–Crippen MR) is 73.4 cm³/mol. The molecule has 1 aliphatic heterocycles. The molecule has 0 saturated carbocycles. The Morgan fingerprint density at radius 2 is 2.19 bits per heavy atom. The Morgan fingerprint density at radius 1 is 1.48 bits per heavy atom. The lowest BCUT2D eigenvalue weighted by molar-refractivity contribution is -0.0118. The molecule has 0 aromatic carbocycles. The number of halogens is 2. The molecule has 2 aromatic heterocycles. The molecule has 0 radical (unpaired) electrons. The fourth-order valence-electron chi connectivity index (χ4n) is 2.09. The van der Waals surface area contributed by atoms with Crippen molar-refractivity contribution in [2.24, 2.45) is 0 Å². The average Bonchev–Trinajstić information content (AvgIpc) is 2.93. The van der Waals surface area contributed by atoms with Gasteiger partial charge in [-0.05, 0) is 0 Å². The van der Waals surface area contributed by atoms with Crippen molar-refractivity contribution in [2.75, 3.05) is 5.73 Å². The monoisotopic (exact) mass is 333 g/mol. The Kier molecular flexibility index (Phi) is 3.29. The summed E-state index contributed by atoms with van der Waals surface area (Å²) in [5, 5.41) is 19.9. The van der Waals surface area contributed by atoms with Gasteiger partial charge in [0, 0.05) is 0 Å². The van der Waals surface area contributed by atoms with Gasteiger partial charge in [0.15, 0.2) is 16.9 Å². The minimum absolute atomic E-state index is 0.0175. The van der Waals surface area contributed by atoms with E-state index in [2.05, 4.69) is 15.0 Å². The molecule has 11 heteroatoms. The Bertz CT molecular complexity index is 796. The second-order valence-electron chi connectivity index (χ2n) is 4.34. The van der Waals surface area contributed by atoms with E-state index in [-0.39, 0.29) is 27.4 Å². The molecule has 0 bridgehead atoms. The predicted octanol–water partition coefficient (Wildman–Crippen LogP) is -0.401. The van der Waals surface area contributed by atoms with Crippen molar-refractivity contribution < 1.29 is 14.9 Å². The minimum Gasteiger partial charge on any atom is -0.466 e. The topological polar surface area (TPSA) is 139 Å². The summed E-state index contributed by atoms with van der Waals surface area (Å²) in [5.41, 5.74) is 5.06. The Hall–Kier alpha value is -1.81. The van der Waals surface area contributed by atoms with Crippen molar-refractivity contribution in [1.29, 1.82) is 0 Å². The number of nitrogens with two attached hydrogens (primary N) is 1. The minimum atomic E-state index is -1.41. The van der Waals surface area contributed by atoms with Crippen LogP contribution in [-0.4, -0.2) is 41.9 Å². The number of aromatic amines is 1. The van der Waals surface area contributed by atoms with Crippen molar-refractivity contribution in [3.8, 4) is 0 Å². The third-order valence-corrected chi connectivity index (χ3v) is 3.42. The number of hydrogen-bond acceptors (Lipinski definition) is 7. The van der Waals surface area contributed by atoms with Crippen LogP contribution in [0.5, 0.6) is 0 Å². The van der Waals surface area contributed by atoms with Crippen molar-refractivity contribution in [3.63, 3.8) is 0 Å². The number of rotatable bonds is 1. The highest BCUT2D eigenvalue weighted by Crippen LogP contribution is 2.36. The number of aliphatic hydroxyl groups is 2. The lowest BCUT2D eigenvalue weighted by Crippen LogP contribution is -2.28. The van der Waals surface area contributed by atoms with Crippen LogP contribution in [0.15, 0.2) is 21.4 Å². The van der Waals surface area contributed by atoms with Crippen LogP contribution in [0.25, 0.3) is 11.2 Å². The van der Waals surface area contributed by atoms with Gasteiger partial charge in [0.1, 0.15) is 23.0 Å². The molecule has 1 saturated heterocycles. The zero-order chi connectivity index (χ0) is 15.3. The van der Waals surface area contributed by atoms with E-state index in [0.29, 0.717) is 0 Å². The van der Waals surface area contributed by atoms with Crippen molar-refractivity contribution in [1.82, 2.24) is 19.5 Å². The molecular formula is C10H9Cl2N5O4. The number of H-pyrrole nitrogens is 1. The molecule has 0 spiro atoms. The van der Waals surface area contributed by atoms with Gasteiger partial charge in [-0.3, -0.25) is 14.3 Å². The van der Waals surface area contributed by atoms with Crippen molar-refractivity contribution in [2.45, 2.75) is 18.4 Å². The first kappa shape index (κ1) is 14.1. The van der Waals surface area contributed by atoms with Gasteiger partial charge in [0.25, 0.3) is 5.56 Å². The number of ether oxygens (including phenoxy) is 1. The van der Waals surface area contributed by atoms with Crippen LogP contribution in [-0.2, 0) is 4.74 Å². The molecule has 21 heavy (non-hydrogen) atoms. The lowest BCUT2D eigenvalue weighted by atomic mass is 10.2. The van der Waals surface area contributed by atoms with Crippen LogP contribution in [0.2, 0.25) is 0 Å². The first-order valence-electron chi connectivity index (χ1n) is 5.70. The molecule has 2 unspecified atom stereocenters. The summed E-state index contributed by atoms with van der Waals surface area (Å²) in [6.07, 6.45) is -2.64. The number of nitrogens with one attached hydrogen (secondary N) is 1. The zero-order valence-corrected chi connectivity index (χ0v) is 11.7. The molecule has 112 valence electrons. The average molecular weight is 334 g/mol. The Balaban J connectivity index is 2.14. The van der Waals surface area contributed by atoms with Gasteiger partial charge in [-0.15, -0.1) is 0 Å². The quantitative estimate of drug-likeness (QED) is 0.556. The first-order chi connectivity index (χ1) is 9.90. The van der Waals surface area contributed by atoms with Crippen LogP contribution in [0.1, 0.15) is 6.23 Å². The van der Waals surface area contributed by atoms with E-state index in [9.17, 15) is 15.0 Å². The van der Waals surface area contributed by atoms with Crippen LogP contribution in [0, 0.1) is 0 Å². The maximum Gasteiger partial charge on any atom is 0.280 e. The number of aromatic nitrogens is 4. The molecule has 3 heterocycles. The molecule has 5 N–H and O–H groups in total. The van der Waals surface area contributed by atoms with E-state index >= 15 is 0 Å². The molecule has 2 aromatic rings. The van der Waals surface area contributed by atoms with Gasteiger partial charge in [-0.2, -0.15) is 4.98 Å². The zero-order valence-electron chi connectivity index (χ0n) is 10.2. The summed E-state index contributed by atoms with van der Waals surface area (Å²) in [6.45, 7) is 0. The molecule has 1 fully saturated rings. The van der Waals surface area contributed by atoms with Gasteiger partial charge < -0.3 is 20.7 Å². The Labute approximate surface area is 126 Å². The molecule has 9 nitrogen and oxygen atoms in total. The normalized spacial score (nSPS) is 25.3. The molecule has 0 amide bonds. The molecule has 3 atom stereocenters. The third kappa shape index (κ3) is 2.14. The number of nitrogen functional groups attached to an aromatic ring is 1. The van der Waals surface area contributed by atoms with Crippen molar-refractivity contribution >= 4 is 40.3 Å². The second-order valence-corrected chi connectivity index (χ2v) is 5.29. The highest BCUT2D eigenvalue weighted by atomic mass is 35.5. The van der Waals surface area contributed by atoms with Gasteiger partial charge in [0.05, 0.1) is 0 Å². The maximum atomic E-state index is 11.7. The number of aliphatic hydroxyl groups excluding tert-OH is 2. The standard InChI is InChI=1S/C10H9Cl2N5O4/c11-6(12)5-3(18)4(19)9(21-5)17-1-14-2-7(17)15-10(13)16-8(2)20/h1,3-4,9,18-19H,(H3,13,15,16,20)/t3?,4?,9-/m1/s1. The van der Waals surface area contributed by atoms with E-state index in [1.807, 2.05) is 0 Å². The van der Waals surface area contributed by atoms with Crippen molar-refractivity contribution in [3.05, 3.63) is 26.9 Å². The van der Waals surface area contributed by atoms with E-state index in [4.69, 9.17) is 33.7 Å². The number of fused-ring (bicyclic) bond motifs is 1. The molecule has 1 aliphatic rings. The first-order valence-corrected chi connectivity index (χ1v) is 6.46. The number of imidazole rings is 1. The fourth-order valence-corrected chi connectivity index (χ4v) is 2.40. The maximum absolute atomic E-state index is 11.7. The van der Waals surface area contributed by atoms with Crippen LogP contribution in [0.4, 0.5) is 5.95 Å². The van der Waals surface area contributed by atoms with E-state index in [1.54, 1.807) is 0 Å². The molecular weight excluding hydrogens is 325 g/mol. The van der Waals surface area contributed by atoms with Crippen LogP contribution >= 0.6 is 23.2 Å². The van der Waals surface area contributed by atoms with Crippen LogP contribution in [0.3, 0.4) is 0 Å². The Morgan fingerprint density at radius 3 is 2.81 bits per heavy atom. The summed E-state index contributed by atoms with van der Waals surface area (Å²) in [4.78, 5) is 21.8. The summed E-state index contributed by atoms with van der Waals surface area (Å²) < 4.78 is 6.28. The SMILES string of the molecule is Nc1nc2c(ncn2[C@@H]2OC(=C(Cl)Cl)C(O)C2O)c(=O)[nH]1. The summed E-state index contributed by atoms with van der Waals surface area (Å²) in [7, 11) is 0. The van der Waals surface area contributed by atoms with Gasteiger partial charge >= 0.3 is 0 Å². The summed E-state index contributed by atoms with van der Waals surface area (Å²) in [6, 6.07) is 0. The number of nitrogens with zero attached hydrogens (tertiary/aromatic N) is 3. The van der Waals surface area contributed by atoms with Gasteiger partial charge in [-0.25, -0.2) is 4.98 Å². The van der Waals surface area contributed by atoms with E-state index in [0.717, 1.165) is 0 Å². The van der Waals surface area contributed by atoms with Gasteiger partial charge in [0.2, 0.25) is 12.2 Å². The molecule has 0 aliphatic carbocycles. The van der Waals surface area contributed by atoms with E-state index in [1.165, 1.54) is 10.9 Å². The fraction of sp³-hybridized carbons (Fsp3) is 0.300. The number of anilines is 1. The highest BCUT2D eigenvalue weighted by Gasteiger charge is 2.43. The summed E-state index contributed by atoms with van der Waals surface area (Å²) in [5.74, 6) is -0.288. The highest BCUT2D eigenvalue weighted by molar-refractivity contribution is 6.56. The second kappa shape index (κ2) is 4.88. The largest absolute Gasteiger partial charge is 0.466 e. The lowest BCUT2D eigenvalue weighted by Gasteiger charge is -2.15.